The third-order valence-corrected chi connectivity index (χ3v) is 4.01. The van der Waals surface area contributed by atoms with E-state index in [2.05, 4.69) is 39.0 Å². The monoisotopic (exact) mass is 252 g/mol. The van der Waals surface area contributed by atoms with Gasteiger partial charge in [-0.3, -0.25) is 4.79 Å². The molecular formula is C13H13ClOS. The molecule has 0 atom stereocenters. The van der Waals surface area contributed by atoms with Gasteiger partial charge in [0.1, 0.15) is 0 Å². The van der Waals surface area contributed by atoms with Crippen LogP contribution in [0.5, 0.6) is 0 Å². The summed E-state index contributed by atoms with van der Waals surface area (Å²) >= 11 is 6.92. The van der Waals surface area contributed by atoms with Crippen molar-refractivity contribution in [1.82, 2.24) is 0 Å². The van der Waals surface area contributed by atoms with Crippen LogP contribution in [0.2, 0.25) is 0 Å². The molecule has 2 aromatic rings. The van der Waals surface area contributed by atoms with Crippen LogP contribution in [0.25, 0.3) is 10.1 Å². The largest absolute Gasteiger partial charge is 0.275 e. The van der Waals surface area contributed by atoms with Gasteiger partial charge in [-0.1, -0.05) is 26.8 Å². The summed E-state index contributed by atoms with van der Waals surface area (Å²) in [6.45, 7) is 6.52. The van der Waals surface area contributed by atoms with Crippen LogP contribution in [0.3, 0.4) is 0 Å². The molecule has 2 rings (SSSR count). The maximum atomic E-state index is 11.1. The number of halogens is 1. The van der Waals surface area contributed by atoms with E-state index < -0.39 is 0 Å². The molecule has 84 valence electrons. The summed E-state index contributed by atoms with van der Waals surface area (Å²) in [5.74, 6) is 0. The van der Waals surface area contributed by atoms with Crippen LogP contribution in [0.4, 0.5) is 0 Å². The van der Waals surface area contributed by atoms with E-state index in [0.29, 0.717) is 4.88 Å². The van der Waals surface area contributed by atoms with E-state index >= 15 is 0 Å². The van der Waals surface area contributed by atoms with Gasteiger partial charge in [-0.05, 0) is 46.2 Å². The van der Waals surface area contributed by atoms with Gasteiger partial charge in [0.2, 0.25) is 0 Å². The number of hydrogen-bond donors (Lipinski definition) is 0. The number of hydrogen-bond acceptors (Lipinski definition) is 2. The van der Waals surface area contributed by atoms with E-state index in [1.165, 1.54) is 16.9 Å². The topological polar surface area (TPSA) is 17.1 Å². The Hall–Kier alpha value is -0.860. The van der Waals surface area contributed by atoms with E-state index in [4.69, 9.17) is 11.6 Å². The highest BCUT2D eigenvalue weighted by atomic mass is 35.5. The second-order valence-corrected chi connectivity index (χ2v) is 6.31. The molecule has 0 fully saturated rings. The number of carbonyl (C=O) groups is 1. The Morgan fingerprint density at radius 2 is 1.94 bits per heavy atom. The molecular weight excluding hydrogens is 240 g/mol. The summed E-state index contributed by atoms with van der Waals surface area (Å²) in [4.78, 5) is 11.7. The first-order chi connectivity index (χ1) is 7.38. The summed E-state index contributed by atoms with van der Waals surface area (Å²) in [6.07, 6.45) is 0. The number of thiophene rings is 1. The second kappa shape index (κ2) is 3.86. The molecule has 1 nitrogen and oxygen atoms in total. The average Bonchev–Trinajstić information content (AvgIpc) is 2.58. The van der Waals surface area contributed by atoms with Crippen LogP contribution in [-0.4, -0.2) is 5.24 Å². The van der Waals surface area contributed by atoms with Crippen molar-refractivity contribution in [2.24, 2.45) is 0 Å². The van der Waals surface area contributed by atoms with Crippen molar-refractivity contribution in [1.29, 1.82) is 0 Å². The van der Waals surface area contributed by atoms with Crippen molar-refractivity contribution in [3.05, 3.63) is 34.7 Å². The second-order valence-electron chi connectivity index (χ2n) is 4.89. The predicted molar refractivity (Wildman–Crippen MR) is 70.7 cm³/mol. The maximum absolute atomic E-state index is 11.1. The Bertz CT molecular complexity index is 549. The molecule has 0 aliphatic heterocycles. The van der Waals surface area contributed by atoms with Gasteiger partial charge in [0, 0.05) is 4.70 Å². The van der Waals surface area contributed by atoms with Crippen molar-refractivity contribution in [3.63, 3.8) is 0 Å². The van der Waals surface area contributed by atoms with Crippen molar-refractivity contribution in [2.45, 2.75) is 26.2 Å². The molecule has 0 saturated heterocycles. The zero-order valence-electron chi connectivity index (χ0n) is 9.50. The first-order valence-electron chi connectivity index (χ1n) is 5.12. The molecule has 0 spiro atoms. The van der Waals surface area contributed by atoms with Crippen LogP contribution in [-0.2, 0) is 5.41 Å². The Morgan fingerprint density at radius 1 is 1.25 bits per heavy atom. The molecule has 0 unspecified atom stereocenters. The lowest BCUT2D eigenvalue weighted by atomic mass is 9.87. The van der Waals surface area contributed by atoms with Gasteiger partial charge in [-0.2, -0.15) is 0 Å². The molecule has 0 N–H and O–H groups in total. The number of fused-ring (bicyclic) bond motifs is 1. The minimum Gasteiger partial charge on any atom is -0.275 e. The summed E-state index contributed by atoms with van der Waals surface area (Å²) in [5.41, 5.74) is 1.40. The standard InChI is InChI=1S/C13H13ClOS/c1-13(2,3)9-4-5-10-8(6-9)7-11(16-10)12(14)15/h4-7H,1-3H3. The van der Waals surface area contributed by atoms with E-state index in [9.17, 15) is 4.79 Å². The number of benzene rings is 1. The van der Waals surface area contributed by atoms with E-state index in [1.54, 1.807) is 0 Å². The lowest BCUT2D eigenvalue weighted by Gasteiger charge is -2.18. The van der Waals surface area contributed by atoms with Crippen molar-refractivity contribution in [3.8, 4) is 0 Å². The number of rotatable bonds is 1. The Labute approximate surface area is 104 Å². The van der Waals surface area contributed by atoms with Crippen molar-refractivity contribution in [2.75, 3.05) is 0 Å². The molecule has 1 aromatic heterocycles. The summed E-state index contributed by atoms with van der Waals surface area (Å²) < 4.78 is 1.11. The predicted octanol–water partition coefficient (Wildman–Crippen LogP) is 4.58. The van der Waals surface area contributed by atoms with E-state index in [0.717, 1.165) is 10.1 Å². The first-order valence-corrected chi connectivity index (χ1v) is 6.31. The average molecular weight is 253 g/mol. The maximum Gasteiger partial charge on any atom is 0.262 e. The van der Waals surface area contributed by atoms with Crippen molar-refractivity contribution >= 4 is 38.3 Å². The summed E-state index contributed by atoms with van der Waals surface area (Å²) in [7, 11) is 0. The zero-order chi connectivity index (χ0) is 11.9. The van der Waals surface area contributed by atoms with Crippen LogP contribution >= 0.6 is 22.9 Å². The van der Waals surface area contributed by atoms with Gasteiger partial charge >= 0.3 is 0 Å². The highest BCUT2D eigenvalue weighted by Gasteiger charge is 2.15. The van der Waals surface area contributed by atoms with Gasteiger partial charge in [0.05, 0.1) is 4.88 Å². The van der Waals surface area contributed by atoms with Gasteiger partial charge in [0.15, 0.2) is 0 Å². The van der Waals surface area contributed by atoms with Crippen LogP contribution in [0.15, 0.2) is 24.3 Å². The lowest BCUT2D eigenvalue weighted by Crippen LogP contribution is -2.10. The summed E-state index contributed by atoms with van der Waals surface area (Å²) in [5, 5.41) is 0.722. The highest BCUT2D eigenvalue weighted by molar-refractivity contribution is 7.22. The van der Waals surface area contributed by atoms with Gasteiger partial charge in [0.25, 0.3) is 5.24 Å². The fourth-order valence-electron chi connectivity index (χ4n) is 1.61. The Kier molecular flexibility index (Phi) is 2.81. The van der Waals surface area contributed by atoms with Crippen molar-refractivity contribution < 1.29 is 4.79 Å². The highest BCUT2D eigenvalue weighted by Crippen LogP contribution is 2.31. The van der Waals surface area contributed by atoms with Gasteiger partial charge < -0.3 is 0 Å². The molecule has 16 heavy (non-hydrogen) atoms. The SMILES string of the molecule is CC(C)(C)c1ccc2sc(C(=O)Cl)cc2c1. The molecule has 0 aliphatic carbocycles. The molecule has 0 radical (unpaired) electrons. The van der Waals surface area contributed by atoms with Gasteiger partial charge in [-0.25, -0.2) is 0 Å². The minimum absolute atomic E-state index is 0.126. The Balaban J connectivity index is 2.58. The normalized spacial score (nSPS) is 12.0. The molecule has 0 amide bonds. The third kappa shape index (κ3) is 2.13. The minimum atomic E-state index is -0.376. The Morgan fingerprint density at radius 3 is 2.50 bits per heavy atom. The molecule has 0 bridgehead atoms. The smallest absolute Gasteiger partial charge is 0.262 e. The number of carbonyl (C=O) groups excluding carboxylic acids is 1. The third-order valence-electron chi connectivity index (χ3n) is 2.58. The van der Waals surface area contributed by atoms with E-state index in [1.807, 2.05) is 6.07 Å². The molecule has 0 saturated carbocycles. The molecule has 3 heteroatoms. The molecule has 1 aromatic carbocycles. The molecule has 1 heterocycles. The first kappa shape index (κ1) is 11.6. The summed E-state index contributed by atoms with van der Waals surface area (Å²) in [6, 6.07) is 8.17. The lowest BCUT2D eigenvalue weighted by molar-refractivity contribution is 0.108. The fourth-order valence-corrected chi connectivity index (χ4v) is 2.65. The van der Waals surface area contributed by atoms with Crippen LogP contribution < -0.4 is 0 Å². The fraction of sp³-hybridized carbons (Fsp3) is 0.308. The zero-order valence-corrected chi connectivity index (χ0v) is 11.1. The molecule has 0 aliphatic rings. The van der Waals surface area contributed by atoms with Crippen LogP contribution in [0.1, 0.15) is 36.0 Å². The quantitative estimate of drug-likeness (QED) is 0.679. The van der Waals surface area contributed by atoms with Crippen LogP contribution in [0, 0.1) is 0 Å². The van der Waals surface area contributed by atoms with E-state index in [-0.39, 0.29) is 10.7 Å². The van der Waals surface area contributed by atoms with Gasteiger partial charge in [-0.15, -0.1) is 11.3 Å².